The summed E-state index contributed by atoms with van der Waals surface area (Å²) in [6, 6.07) is 5.13. The topological polar surface area (TPSA) is 135 Å². The number of anilines is 3. The van der Waals surface area contributed by atoms with Crippen molar-refractivity contribution in [2.45, 2.75) is 33.2 Å². The highest BCUT2D eigenvalue weighted by atomic mass is 16.2. The van der Waals surface area contributed by atoms with E-state index in [1.807, 2.05) is 34.0 Å². The minimum Gasteiger partial charge on any atom is -0.384 e. The number of rotatable bonds is 9. The van der Waals surface area contributed by atoms with E-state index in [0.29, 0.717) is 60.8 Å². The molecule has 0 saturated heterocycles. The van der Waals surface area contributed by atoms with Gasteiger partial charge in [-0.15, -0.1) is 0 Å². The zero-order valence-corrected chi connectivity index (χ0v) is 21.2. The van der Waals surface area contributed by atoms with E-state index in [-0.39, 0.29) is 24.7 Å². The Balaban J connectivity index is 1.85. The van der Waals surface area contributed by atoms with Crippen molar-refractivity contribution < 1.29 is 14.4 Å². The molecule has 0 spiro atoms. The van der Waals surface area contributed by atoms with Gasteiger partial charge in [-0.25, -0.2) is 14.8 Å². The first kappa shape index (κ1) is 26.6. The van der Waals surface area contributed by atoms with E-state index in [0.717, 1.165) is 12.0 Å². The maximum Gasteiger partial charge on any atom is 0.328 e. The molecule has 3 rings (SSSR count). The number of aryl methyl sites for hydroxylation is 1. The molecule has 11 heteroatoms. The summed E-state index contributed by atoms with van der Waals surface area (Å²) >= 11 is 0. The lowest BCUT2D eigenvalue weighted by Gasteiger charge is -2.30. The molecule has 1 aliphatic rings. The molecule has 0 atom stereocenters. The van der Waals surface area contributed by atoms with E-state index in [4.69, 9.17) is 0 Å². The molecule has 0 radical (unpaired) electrons. The van der Waals surface area contributed by atoms with E-state index in [1.54, 1.807) is 15.9 Å². The molecule has 0 fully saturated rings. The molecule has 3 amide bonds. The van der Waals surface area contributed by atoms with Gasteiger partial charge in [0.05, 0.1) is 17.8 Å². The van der Waals surface area contributed by atoms with Crippen molar-refractivity contribution in [2.75, 3.05) is 55.8 Å². The first-order valence-corrected chi connectivity index (χ1v) is 11.9. The molecule has 11 nitrogen and oxygen atoms in total. The fraction of sp³-hybridized carbons (Fsp3) is 0.440. The smallest absolute Gasteiger partial charge is 0.328 e. The van der Waals surface area contributed by atoms with Gasteiger partial charge in [0.2, 0.25) is 5.91 Å². The molecule has 36 heavy (non-hydrogen) atoms. The highest BCUT2D eigenvalue weighted by Gasteiger charge is 2.27. The first-order valence-electron chi connectivity index (χ1n) is 11.9. The molecule has 190 valence electrons. The van der Waals surface area contributed by atoms with Crippen LogP contribution in [0.15, 0.2) is 18.3 Å². The molecule has 2 aromatic rings. The van der Waals surface area contributed by atoms with Crippen molar-refractivity contribution in [2.24, 2.45) is 0 Å². The number of fused-ring (bicyclic) bond motifs is 1. The number of nitrogens with zero attached hydrogens (tertiary/aromatic N) is 6. The van der Waals surface area contributed by atoms with Crippen LogP contribution < -0.4 is 15.5 Å². The number of aldehydes is 1. The lowest BCUT2D eigenvalue weighted by molar-refractivity contribution is -0.132. The molecular weight excluding hydrogens is 460 g/mol. The standard InChI is InChI=1S/C25H32N8O3/c1-5-27-20-11-22(28-13-19(20)12-26)30-25(36)33-9-7-8-17-10-18(21(16-34)29-24(17)33)14-32(6-2)23(35)15-31(3)4/h10-11,13,16H,5-9,14-15H2,1-4H3,(H2,27,28,30,36). The third-order valence-electron chi connectivity index (χ3n) is 5.81. The molecule has 3 heterocycles. The fourth-order valence-electron chi connectivity index (χ4n) is 4.06. The molecule has 1 aliphatic heterocycles. The largest absolute Gasteiger partial charge is 0.384 e. The summed E-state index contributed by atoms with van der Waals surface area (Å²) in [5, 5.41) is 15.1. The Morgan fingerprint density at radius 2 is 2.06 bits per heavy atom. The Bertz CT molecular complexity index is 1170. The van der Waals surface area contributed by atoms with Crippen LogP contribution >= 0.6 is 0 Å². The van der Waals surface area contributed by atoms with Crippen molar-refractivity contribution in [3.05, 3.63) is 40.7 Å². The number of carbonyl (C=O) groups excluding carboxylic acids is 3. The van der Waals surface area contributed by atoms with Gasteiger partial charge in [0.1, 0.15) is 23.4 Å². The summed E-state index contributed by atoms with van der Waals surface area (Å²) < 4.78 is 0. The number of nitrogens with one attached hydrogen (secondary N) is 2. The first-order chi connectivity index (χ1) is 17.3. The van der Waals surface area contributed by atoms with Gasteiger partial charge in [-0.3, -0.25) is 19.8 Å². The van der Waals surface area contributed by atoms with Crippen LogP contribution in [-0.4, -0.2) is 78.3 Å². The van der Waals surface area contributed by atoms with Gasteiger partial charge < -0.3 is 15.1 Å². The van der Waals surface area contributed by atoms with Crippen LogP contribution in [0.1, 0.15) is 47.4 Å². The van der Waals surface area contributed by atoms with Crippen LogP contribution in [-0.2, 0) is 17.8 Å². The number of hydrogen-bond acceptors (Lipinski definition) is 8. The quantitative estimate of drug-likeness (QED) is 0.510. The van der Waals surface area contributed by atoms with Gasteiger partial charge in [-0.1, -0.05) is 0 Å². The molecule has 0 bridgehead atoms. The summed E-state index contributed by atoms with van der Waals surface area (Å²) in [6.07, 6.45) is 3.50. The highest BCUT2D eigenvalue weighted by Crippen LogP contribution is 2.28. The maximum atomic E-state index is 13.2. The van der Waals surface area contributed by atoms with Crippen LogP contribution in [0.25, 0.3) is 0 Å². The fourth-order valence-corrected chi connectivity index (χ4v) is 4.06. The average Bonchev–Trinajstić information content (AvgIpc) is 2.86. The number of hydrogen-bond donors (Lipinski definition) is 2. The summed E-state index contributed by atoms with van der Waals surface area (Å²) in [4.78, 5) is 51.3. The van der Waals surface area contributed by atoms with Gasteiger partial charge in [0, 0.05) is 44.0 Å². The van der Waals surface area contributed by atoms with Crippen LogP contribution in [0.4, 0.5) is 22.1 Å². The van der Waals surface area contributed by atoms with Crippen LogP contribution in [0.5, 0.6) is 0 Å². The normalized spacial score (nSPS) is 12.5. The Morgan fingerprint density at radius 1 is 1.28 bits per heavy atom. The number of likely N-dealkylation sites (N-methyl/N-ethyl adjacent to an activating group) is 2. The minimum atomic E-state index is -0.427. The van der Waals surface area contributed by atoms with Gasteiger partial charge in [-0.2, -0.15) is 5.26 Å². The minimum absolute atomic E-state index is 0.0371. The second-order valence-corrected chi connectivity index (χ2v) is 8.72. The van der Waals surface area contributed by atoms with Crippen molar-refractivity contribution in [3.8, 4) is 6.07 Å². The molecule has 2 aromatic heterocycles. The molecule has 0 saturated carbocycles. The van der Waals surface area contributed by atoms with Crippen molar-refractivity contribution in [1.82, 2.24) is 19.8 Å². The van der Waals surface area contributed by atoms with Gasteiger partial charge in [0.15, 0.2) is 6.29 Å². The molecular formula is C25H32N8O3. The Hall–Kier alpha value is -4.04. The molecule has 0 aliphatic carbocycles. The average molecular weight is 493 g/mol. The SMILES string of the molecule is CCNc1cc(NC(=O)N2CCCc3cc(CN(CC)C(=O)CN(C)C)c(C=O)nc32)ncc1C#N. The number of nitriles is 1. The lowest BCUT2D eigenvalue weighted by atomic mass is 10.0. The number of carbonyl (C=O) groups is 3. The van der Waals surface area contributed by atoms with Gasteiger partial charge in [-0.05, 0) is 52.4 Å². The molecule has 0 unspecified atom stereocenters. The second kappa shape index (κ2) is 12.1. The Morgan fingerprint density at radius 3 is 2.69 bits per heavy atom. The highest BCUT2D eigenvalue weighted by molar-refractivity contribution is 6.01. The number of pyridine rings is 2. The van der Waals surface area contributed by atoms with Crippen molar-refractivity contribution in [1.29, 1.82) is 5.26 Å². The zero-order chi connectivity index (χ0) is 26.2. The maximum absolute atomic E-state index is 13.2. The number of amides is 3. The van der Waals surface area contributed by atoms with Crippen LogP contribution in [0.2, 0.25) is 0 Å². The predicted octanol–water partition coefficient (Wildman–Crippen LogP) is 2.49. The van der Waals surface area contributed by atoms with E-state index in [1.165, 1.54) is 11.1 Å². The number of urea groups is 1. The molecule has 0 aromatic carbocycles. The summed E-state index contributed by atoms with van der Waals surface area (Å²) in [7, 11) is 3.66. The third kappa shape index (κ3) is 6.14. The van der Waals surface area contributed by atoms with Crippen molar-refractivity contribution in [3.63, 3.8) is 0 Å². The second-order valence-electron chi connectivity index (χ2n) is 8.72. The van der Waals surface area contributed by atoms with E-state index in [9.17, 15) is 19.6 Å². The summed E-state index contributed by atoms with van der Waals surface area (Å²) in [5.41, 5.74) is 2.67. The van der Waals surface area contributed by atoms with E-state index >= 15 is 0 Å². The van der Waals surface area contributed by atoms with Gasteiger partial charge in [0.25, 0.3) is 0 Å². The van der Waals surface area contributed by atoms with Crippen molar-refractivity contribution >= 4 is 35.5 Å². The monoisotopic (exact) mass is 492 g/mol. The van der Waals surface area contributed by atoms with Gasteiger partial charge >= 0.3 is 6.03 Å². The number of aromatic nitrogens is 2. The van der Waals surface area contributed by atoms with E-state index in [2.05, 4.69) is 26.7 Å². The predicted molar refractivity (Wildman–Crippen MR) is 137 cm³/mol. The van der Waals surface area contributed by atoms with Crippen LogP contribution in [0.3, 0.4) is 0 Å². The summed E-state index contributed by atoms with van der Waals surface area (Å²) in [5.74, 6) is 0.685. The Kier molecular flexibility index (Phi) is 8.91. The zero-order valence-electron chi connectivity index (χ0n) is 21.2. The lowest BCUT2D eigenvalue weighted by Crippen LogP contribution is -2.40. The molecule has 2 N–H and O–H groups in total. The third-order valence-corrected chi connectivity index (χ3v) is 5.81. The Labute approximate surface area is 211 Å². The van der Waals surface area contributed by atoms with Crippen LogP contribution in [0, 0.1) is 11.3 Å². The van der Waals surface area contributed by atoms with E-state index < -0.39 is 6.03 Å². The summed E-state index contributed by atoms with van der Waals surface area (Å²) in [6.45, 7) is 5.90.